The van der Waals surface area contributed by atoms with Crippen molar-refractivity contribution in [2.45, 2.75) is 39.0 Å². The lowest BCUT2D eigenvalue weighted by Crippen LogP contribution is -2.48. The molecule has 0 spiro atoms. The maximum Gasteiger partial charge on any atom is 0.407 e. The van der Waals surface area contributed by atoms with Gasteiger partial charge in [0.15, 0.2) is 5.65 Å². The van der Waals surface area contributed by atoms with E-state index in [0.29, 0.717) is 46.1 Å². The molecule has 4 aromatic rings. The lowest BCUT2D eigenvalue weighted by Gasteiger charge is -2.33. The quantitative estimate of drug-likeness (QED) is 0.194. The molecule has 1 fully saturated rings. The average molecular weight is 560 g/mol. The number of hydrogen-bond acceptors (Lipinski definition) is 6. The summed E-state index contributed by atoms with van der Waals surface area (Å²) in [5.41, 5.74) is 3.62. The number of hydrogen-bond donors (Lipinski definition) is 1. The molecule has 1 aliphatic heterocycles. The molecule has 210 valence electrons. The molecule has 3 heterocycles. The van der Waals surface area contributed by atoms with E-state index in [0.717, 1.165) is 45.7 Å². The summed E-state index contributed by atoms with van der Waals surface area (Å²) in [7, 11) is -1.23. The van der Waals surface area contributed by atoms with Crippen molar-refractivity contribution < 1.29 is 19.4 Å². The zero-order chi connectivity index (χ0) is 28.1. The lowest BCUT2D eigenvalue weighted by atomic mass is 10.2. The Balaban J connectivity index is 1.39. The van der Waals surface area contributed by atoms with Crippen LogP contribution < -0.4 is 9.64 Å². The number of rotatable bonds is 10. The summed E-state index contributed by atoms with van der Waals surface area (Å²) in [6.45, 7) is 10.7. The molecule has 1 amide bonds. The Morgan fingerprint density at radius 1 is 0.925 bits per heavy atom. The highest BCUT2D eigenvalue weighted by Gasteiger charge is 2.23. The fraction of sp³-hybridized carbons (Fsp3) is 0.367. The molecule has 2 aromatic heterocycles. The summed E-state index contributed by atoms with van der Waals surface area (Å²) in [5.74, 6) is 2.40. The molecule has 0 aliphatic carbocycles. The number of amides is 1. The van der Waals surface area contributed by atoms with Gasteiger partial charge in [0.2, 0.25) is 0 Å². The Morgan fingerprint density at radius 3 is 2.33 bits per heavy atom. The van der Waals surface area contributed by atoms with Gasteiger partial charge in [0.25, 0.3) is 0 Å². The van der Waals surface area contributed by atoms with Crippen LogP contribution in [0, 0.1) is 0 Å². The molecular formula is C30H37N5O4Si. The molecule has 1 saturated heterocycles. The molecule has 0 atom stereocenters. The summed E-state index contributed by atoms with van der Waals surface area (Å²) in [6.07, 6.45) is -0.877. The van der Waals surface area contributed by atoms with Gasteiger partial charge in [-0.1, -0.05) is 50.0 Å². The van der Waals surface area contributed by atoms with Crippen molar-refractivity contribution >= 4 is 31.1 Å². The average Bonchev–Trinajstić information content (AvgIpc) is 3.32. The first-order chi connectivity index (χ1) is 19.3. The number of ether oxygens (including phenoxy) is 2. The minimum atomic E-state index is -1.23. The van der Waals surface area contributed by atoms with Crippen molar-refractivity contribution in [3.63, 3.8) is 0 Å². The lowest BCUT2D eigenvalue weighted by molar-refractivity contribution is 0.0906. The Hall–Kier alpha value is -3.89. The fourth-order valence-electron chi connectivity index (χ4n) is 4.61. The van der Waals surface area contributed by atoms with Crippen LogP contribution in [0.5, 0.6) is 5.75 Å². The number of fused-ring (bicyclic) bond motifs is 1. The molecule has 5 rings (SSSR count). The van der Waals surface area contributed by atoms with Crippen molar-refractivity contribution in [3.8, 4) is 17.1 Å². The molecule has 0 bridgehead atoms. The van der Waals surface area contributed by atoms with E-state index in [1.54, 1.807) is 0 Å². The van der Waals surface area contributed by atoms with Gasteiger partial charge in [0.1, 0.15) is 36.2 Å². The molecule has 0 unspecified atom stereocenters. The van der Waals surface area contributed by atoms with Crippen LogP contribution in [0.4, 0.5) is 10.6 Å². The van der Waals surface area contributed by atoms with E-state index < -0.39 is 14.2 Å². The van der Waals surface area contributed by atoms with E-state index in [1.165, 1.54) is 4.90 Å². The third-order valence-electron chi connectivity index (χ3n) is 7.03. The third-order valence-corrected chi connectivity index (χ3v) is 8.73. The van der Waals surface area contributed by atoms with Crippen molar-refractivity contribution in [3.05, 3.63) is 72.3 Å². The molecule has 40 heavy (non-hydrogen) atoms. The van der Waals surface area contributed by atoms with E-state index >= 15 is 0 Å². The minimum Gasteiger partial charge on any atom is -0.489 e. The van der Waals surface area contributed by atoms with Crippen molar-refractivity contribution in [2.24, 2.45) is 0 Å². The van der Waals surface area contributed by atoms with Gasteiger partial charge in [-0.15, -0.1) is 0 Å². The van der Waals surface area contributed by atoms with Crippen molar-refractivity contribution in [1.29, 1.82) is 0 Å². The topological polar surface area (TPSA) is 93.0 Å². The fourth-order valence-corrected chi connectivity index (χ4v) is 5.37. The predicted molar refractivity (Wildman–Crippen MR) is 160 cm³/mol. The molecule has 0 radical (unpaired) electrons. The van der Waals surface area contributed by atoms with Crippen molar-refractivity contribution in [1.82, 2.24) is 19.4 Å². The number of anilines is 1. The SMILES string of the molecule is C[Si](C)(C)CCOCn1c(-c2ccc(OCc3ccccc3)cc2)nc2ccc(N3CCN(C(=O)O)CC3)nc21. The molecule has 2 aromatic carbocycles. The van der Waals surface area contributed by atoms with Gasteiger partial charge in [0, 0.05) is 46.4 Å². The number of carbonyl (C=O) groups is 1. The number of benzene rings is 2. The van der Waals surface area contributed by atoms with Gasteiger partial charge in [-0.25, -0.2) is 14.8 Å². The number of nitrogens with zero attached hydrogens (tertiary/aromatic N) is 5. The number of imidazole rings is 1. The highest BCUT2D eigenvalue weighted by Crippen LogP contribution is 2.28. The van der Waals surface area contributed by atoms with Gasteiger partial charge >= 0.3 is 6.09 Å². The number of aromatic nitrogens is 3. The Labute approximate surface area is 236 Å². The third kappa shape index (κ3) is 6.81. The molecule has 9 nitrogen and oxygen atoms in total. The second-order valence-corrected chi connectivity index (χ2v) is 16.9. The van der Waals surface area contributed by atoms with Crippen LogP contribution in [0.15, 0.2) is 66.7 Å². The van der Waals surface area contributed by atoms with Crippen LogP contribution in [0.2, 0.25) is 25.7 Å². The normalized spacial score (nSPS) is 14.1. The van der Waals surface area contributed by atoms with E-state index in [-0.39, 0.29) is 0 Å². The van der Waals surface area contributed by atoms with Gasteiger partial charge in [-0.3, -0.25) is 4.57 Å². The smallest absolute Gasteiger partial charge is 0.407 e. The van der Waals surface area contributed by atoms with Crippen LogP contribution in [0.25, 0.3) is 22.6 Å². The maximum atomic E-state index is 11.3. The Kier molecular flexibility index (Phi) is 8.37. The van der Waals surface area contributed by atoms with Crippen LogP contribution in [-0.4, -0.2) is 71.5 Å². The standard InChI is InChI=1S/C30H37N5O4Si/c1-40(2,3)20-19-38-22-35-28(24-9-11-25(12-10-24)39-21-23-7-5-4-6-8-23)31-26-13-14-27(32-29(26)35)33-15-17-34(18-16-33)30(36)37/h4-14H,15-22H2,1-3H3,(H,36,37). The summed E-state index contributed by atoms with van der Waals surface area (Å²) < 4.78 is 14.2. The molecule has 1 aliphatic rings. The van der Waals surface area contributed by atoms with Gasteiger partial charge in [-0.05, 0) is 48.0 Å². The van der Waals surface area contributed by atoms with E-state index in [9.17, 15) is 9.90 Å². The monoisotopic (exact) mass is 559 g/mol. The van der Waals surface area contributed by atoms with E-state index in [2.05, 4.69) is 24.5 Å². The number of pyridine rings is 1. The first-order valence-corrected chi connectivity index (χ1v) is 17.4. The second kappa shape index (κ2) is 12.1. The summed E-state index contributed by atoms with van der Waals surface area (Å²) in [5, 5.41) is 9.30. The molecular weight excluding hydrogens is 522 g/mol. The molecule has 0 saturated carbocycles. The largest absolute Gasteiger partial charge is 0.489 e. The van der Waals surface area contributed by atoms with Crippen LogP contribution in [-0.2, 0) is 18.1 Å². The van der Waals surface area contributed by atoms with Crippen LogP contribution >= 0.6 is 0 Å². The minimum absolute atomic E-state index is 0.353. The Morgan fingerprint density at radius 2 is 1.65 bits per heavy atom. The van der Waals surface area contributed by atoms with E-state index in [1.807, 2.05) is 71.3 Å². The summed E-state index contributed by atoms with van der Waals surface area (Å²) in [6, 6.07) is 23.1. The Bertz CT molecular complexity index is 1430. The second-order valence-electron chi connectivity index (χ2n) is 11.3. The zero-order valence-corrected chi connectivity index (χ0v) is 24.4. The number of carboxylic acid groups (broad SMARTS) is 1. The van der Waals surface area contributed by atoms with Crippen LogP contribution in [0.1, 0.15) is 5.56 Å². The summed E-state index contributed by atoms with van der Waals surface area (Å²) in [4.78, 5) is 24.8. The van der Waals surface area contributed by atoms with Gasteiger partial charge in [-0.2, -0.15) is 0 Å². The van der Waals surface area contributed by atoms with E-state index in [4.69, 9.17) is 19.4 Å². The van der Waals surface area contributed by atoms with Crippen LogP contribution in [0.3, 0.4) is 0 Å². The molecule has 10 heteroatoms. The highest BCUT2D eigenvalue weighted by atomic mass is 28.3. The van der Waals surface area contributed by atoms with Crippen molar-refractivity contribution in [2.75, 3.05) is 37.7 Å². The first kappa shape index (κ1) is 27.7. The first-order valence-electron chi connectivity index (χ1n) is 13.7. The number of piperazine rings is 1. The van der Waals surface area contributed by atoms with Gasteiger partial charge in [0.05, 0.1) is 0 Å². The van der Waals surface area contributed by atoms with Gasteiger partial charge < -0.3 is 24.4 Å². The predicted octanol–water partition coefficient (Wildman–Crippen LogP) is 5.79. The molecule has 1 N–H and O–H groups in total. The zero-order valence-electron chi connectivity index (χ0n) is 23.4. The highest BCUT2D eigenvalue weighted by molar-refractivity contribution is 6.76. The maximum absolute atomic E-state index is 11.3. The summed E-state index contributed by atoms with van der Waals surface area (Å²) >= 11 is 0.